The second-order valence-corrected chi connectivity index (χ2v) is 5.78. The lowest BCUT2D eigenvalue weighted by molar-refractivity contribution is 0.473. The van der Waals surface area contributed by atoms with Crippen LogP contribution in [0.25, 0.3) is 0 Å². The minimum Gasteiger partial charge on any atom is -0.507 e. The maximum atomic E-state index is 9.84. The van der Waals surface area contributed by atoms with Crippen molar-refractivity contribution in [1.29, 1.82) is 0 Å². The fourth-order valence-electron chi connectivity index (χ4n) is 2.11. The fourth-order valence-corrected chi connectivity index (χ4v) is 2.11. The molecular formula is C20H22N4O2. The largest absolute Gasteiger partial charge is 0.507 e. The van der Waals surface area contributed by atoms with E-state index < -0.39 is 0 Å². The van der Waals surface area contributed by atoms with Gasteiger partial charge in [0.1, 0.15) is 11.5 Å². The summed E-state index contributed by atoms with van der Waals surface area (Å²) in [5, 5.41) is 36.3. The van der Waals surface area contributed by atoms with Gasteiger partial charge < -0.3 is 10.2 Å². The molecule has 6 heteroatoms. The van der Waals surface area contributed by atoms with Crippen LogP contribution >= 0.6 is 0 Å². The quantitative estimate of drug-likeness (QED) is 0.626. The van der Waals surface area contributed by atoms with Gasteiger partial charge >= 0.3 is 0 Å². The molecule has 0 aliphatic rings. The predicted molar refractivity (Wildman–Crippen MR) is 107 cm³/mol. The first-order chi connectivity index (χ1) is 12.4. The molecule has 134 valence electrons. The highest BCUT2D eigenvalue weighted by molar-refractivity contribution is 6.40. The van der Waals surface area contributed by atoms with E-state index in [9.17, 15) is 10.2 Å². The molecule has 0 aromatic heterocycles. The van der Waals surface area contributed by atoms with E-state index in [-0.39, 0.29) is 11.5 Å². The maximum absolute atomic E-state index is 9.84. The molecule has 0 bridgehead atoms. The second-order valence-electron chi connectivity index (χ2n) is 5.78. The Morgan fingerprint density at radius 2 is 0.923 bits per heavy atom. The van der Waals surface area contributed by atoms with E-state index >= 15 is 0 Å². The summed E-state index contributed by atoms with van der Waals surface area (Å²) in [5.41, 5.74) is 3.68. The van der Waals surface area contributed by atoms with Gasteiger partial charge in [-0.2, -0.15) is 20.4 Å². The lowest BCUT2D eigenvalue weighted by Crippen LogP contribution is -2.06. The third-order valence-corrected chi connectivity index (χ3v) is 3.81. The maximum Gasteiger partial charge on any atom is 0.124 e. The summed E-state index contributed by atoms with van der Waals surface area (Å²) < 4.78 is 0. The van der Waals surface area contributed by atoms with Crippen molar-refractivity contribution in [3.8, 4) is 11.5 Å². The molecular weight excluding hydrogens is 328 g/mol. The highest BCUT2D eigenvalue weighted by Gasteiger charge is 2.05. The molecule has 0 spiro atoms. The molecule has 0 amide bonds. The zero-order chi connectivity index (χ0) is 19.1. The average Bonchev–Trinajstić information content (AvgIpc) is 2.64. The molecule has 0 fully saturated rings. The monoisotopic (exact) mass is 350 g/mol. The van der Waals surface area contributed by atoms with Gasteiger partial charge in [-0.3, -0.25) is 0 Å². The van der Waals surface area contributed by atoms with Gasteiger partial charge in [0, 0.05) is 11.1 Å². The van der Waals surface area contributed by atoms with E-state index in [4.69, 9.17) is 0 Å². The van der Waals surface area contributed by atoms with Gasteiger partial charge in [-0.15, -0.1) is 0 Å². The molecule has 0 atom stereocenters. The lowest BCUT2D eigenvalue weighted by Gasteiger charge is -2.03. The van der Waals surface area contributed by atoms with Gasteiger partial charge in [-0.05, 0) is 52.0 Å². The SMILES string of the molecule is CC(=N\N=C(/C)c1ccccc1O)/C(C)=N/N=C(\C)c1ccccc1O. The molecule has 0 unspecified atom stereocenters. The summed E-state index contributed by atoms with van der Waals surface area (Å²) in [6, 6.07) is 13.9. The molecule has 6 nitrogen and oxygen atoms in total. The van der Waals surface area contributed by atoms with Gasteiger partial charge in [0.25, 0.3) is 0 Å². The lowest BCUT2D eigenvalue weighted by atomic mass is 10.1. The van der Waals surface area contributed by atoms with E-state index in [1.807, 2.05) is 12.1 Å². The number of para-hydroxylation sites is 2. The average molecular weight is 350 g/mol. The standard InChI is InChI=1S/C20H22N4O2/c1-13(21-23-15(3)17-9-5-7-11-19(17)25)14(2)22-24-16(4)18-10-6-8-12-20(18)26/h5-12,25-26H,1-4H3/b21-13+,22-14+,23-15+,24-16+. The second kappa shape index (κ2) is 8.71. The number of benzene rings is 2. The molecule has 2 aromatic rings. The van der Waals surface area contributed by atoms with Gasteiger partial charge in [-0.25, -0.2) is 0 Å². The zero-order valence-electron chi connectivity index (χ0n) is 15.3. The zero-order valence-corrected chi connectivity index (χ0v) is 15.3. The first-order valence-corrected chi connectivity index (χ1v) is 8.15. The van der Waals surface area contributed by atoms with Crippen molar-refractivity contribution in [2.24, 2.45) is 20.4 Å². The Kier molecular flexibility index (Phi) is 6.38. The Hall–Kier alpha value is -3.28. The third-order valence-electron chi connectivity index (χ3n) is 3.81. The summed E-state index contributed by atoms with van der Waals surface area (Å²) in [6.45, 7) is 7.12. The Morgan fingerprint density at radius 3 is 1.27 bits per heavy atom. The first-order valence-electron chi connectivity index (χ1n) is 8.15. The highest BCUT2D eigenvalue weighted by Crippen LogP contribution is 2.17. The van der Waals surface area contributed by atoms with Crippen molar-refractivity contribution < 1.29 is 10.2 Å². The molecule has 0 saturated heterocycles. The number of nitrogens with zero attached hydrogens (tertiary/aromatic N) is 4. The normalized spacial score (nSPS) is 13.8. The van der Waals surface area contributed by atoms with Crippen LogP contribution in [0.4, 0.5) is 0 Å². The fraction of sp³-hybridized carbons (Fsp3) is 0.200. The molecule has 0 saturated carbocycles. The Bertz CT molecular complexity index is 836. The predicted octanol–water partition coefficient (Wildman–Crippen LogP) is 4.17. The summed E-state index contributed by atoms with van der Waals surface area (Å²) in [5.74, 6) is 0.324. The van der Waals surface area contributed by atoms with E-state index in [1.165, 1.54) is 0 Å². The number of hydrogen-bond donors (Lipinski definition) is 2. The summed E-state index contributed by atoms with van der Waals surface area (Å²) in [7, 11) is 0. The van der Waals surface area contributed by atoms with E-state index in [2.05, 4.69) is 20.4 Å². The Morgan fingerprint density at radius 1 is 0.577 bits per heavy atom. The highest BCUT2D eigenvalue weighted by atomic mass is 16.3. The van der Waals surface area contributed by atoms with E-state index in [0.29, 0.717) is 34.0 Å². The van der Waals surface area contributed by atoms with E-state index in [0.717, 1.165) is 0 Å². The van der Waals surface area contributed by atoms with Crippen LogP contribution in [0.2, 0.25) is 0 Å². The molecule has 2 N–H and O–H groups in total. The number of rotatable bonds is 5. The van der Waals surface area contributed by atoms with Crippen molar-refractivity contribution >= 4 is 22.8 Å². The minimum absolute atomic E-state index is 0.162. The smallest absolute Gasteiger partial charge is 0.124 e. The topological polar surface area (TPSA) is 89.9 Å². The Labute approximate surface area is 153 Å². The number of phenolic OH excluding ortho intramolecular Hbond substituents is 2. The molecule has 26 heavy (non-hydrogen) atoms. The van der Waals surface area contributed by atoms with Crippen LogP contribution in [-0.4, -0.2) is 33.1 Å². The van der Waals surface area contributed by atoms with Gasteiger partial charge in [0.15, 0.2) is 0 Å². The molecule has 2 rings (SSSR count). The molecule has 0 heterocycles. The van der Waals surface area contributed by atoms with Crippen LogP contribution in [0.5, 0.6) is 11.5 Å². The van der Waals surface area contributed by atoms with Gasteiger partial charge in [-0.1, -0.05) is 24.3 Å². The van der Waals surface area contributed by atoms with Crippen molar-refractivity contribution in [1.82, 2.24) is 0 Å². The number of aromatic hydroxyl groups is 2. The van der Waals surface area contributed by atoms with Crippen LogP contribution in [0, 0.1) is 0 Å². The van der Waals surface area contributed by atoms with Crippen LogP contribution in [0.1, 0.15) is 38.8 Å². The molecule has 0 aliphatic heterocycles. The van der Waals surface area contributed by atoms with Crippen molar-refractivity contribution in [3.05, 3.63) is 59.7 Å². The van der Waals surface area contributed by atoms with Crippen molar-refractivity contribution in [2.75, 3.05) is 0 Å². The van der Waals surface area contributed by atoms with Crippen LogP contribution in [0.3, 0.4) is 0 Å². The molecule has 2 aromatic carbocycles. The number of phenols is 2. The van der Waals surface area contributed by atoms with E-state index in [1.54, 1.807) is 64.1 Å². The van der Waals surface area contributed by atoms with Crippen LogP contribution in [-0.2, 0) is 0 Å². The minimum atomic E-state index is 0.162. The summed E-state index contributed by atoms with van der Waals surface area (Å²) in [6.07, 6.45) is 0. The van der Waals surface area contributed by atoms with Crippen molar-refractivity contribution in [3.63, 3.8) is 0 Å². The third kappa shape index (κ3) is 4.86. The van der Waals surface area contributed by atoms with Gasteiger partial charge in [0.05, 0.1) is 22.8 Å². The van der Waals surface area contributed by atoms with Crippen molar-refractivity contribution in [2.45, 2.75) is 27.7 Å². The summed E-state index contributed by atoms with van der Waals surface area (Å²) >= 11 is 0. The van der Waals surface area contributed by atoms with Gasteiger partial charge in [0.2, 0.25) is 0 Å². The van der Waals surface area contributed by atoms with Crippen LogP contribution < -0.4 is 0 Å². The molecule has 0 aliphatic carbocycles. The Balaban J connectivity index is 2.19. The summed E-state index contributed by atoms with van der Waals surface area (Å²) in [4.78, 5) is 0. The first kappa shape index (κ1) is 19.1. The van der Waals surface area contributed by atoms with Crippen LogP contribution in [0.15, 0.2) is 68.9 Å². The number of hydrogen-bond acceptors (Lipinski definition) is 6. The molecule has 0 radical (unpaired) electrons.